The molecule has 0 unspecified atom stereocenters. The van der Waals surface area contributed by atoms with E-state index in [4.69, 9.17) is 0 Å². The number of hydrogen-bond donors (Lipinski definition) is 0. The molecule has 9 aromatic carbocycles. The van der Waals surface area contributed by atoms with E-state index in [-0.39, 0.29) is 11.3 Å². The van der Waals surface area contributed by atoms with E-state index in [2.05, 4.69) is 117 Å². The van der Waals surface area contributed by atoms with Crippen molar-refractivity contribution in [3.05, 3.63) is 206 Å². The summed E-state index contributed by atoms with van der Waals surface area (Å²) >= 11 is 0. The molecule has 4 aromatic heterocycles. The number of para-hydroxylation sites is 8. The molecule has 0 N–H and O–H groups in total. The number of halogens is 1. The van der Waals surface area contributed by atoms with Gasteiger partial charge in [-0.2, -0.15) is 5.26 Å². The fourth-order valence-electron chi connectivity index (χ4n) is 10.3. The molecule has 0 amide bonds. The van der Waals surface area contributed by atoms with Crippen LogP contribution >= 0.6 is 0 Å². The summed E-state index contributed by atoms with van der Waals surface area (Å²) in [6.07, 6.45) is 0. The van der Waals surface area contributed by atoms with Crippen molar-refractivity contribution in [2.75, 3.05) is 0 Å². The molecule has 0 spiro atoms. The zero-order valence-corrected chi connectivity index (χ0v) is 32.6. The molecular weight excluding hydrogens is 750 g/mol. The van der Waals surface area contributed by atoms with Crippen molar-refractivity contribution in [1.82, 2.24) is 18.3 Å². The maximum atomic E-state index is 19.6. The second-order valence-corrected chi connectivity index (χ2v) is 15.7. The van der Waals surface area contributed by atoms with E-state index in [1.54, 1.807) is 0 Å². The van der Waals surface area contributed by atoms with E-state index >= 15 is 4.39 Å². The van der Waals surface area contributed by atoms with Gasteiger partial charge in [-0.25, -0.2) is 4.39 Å². The molecule has 0 aliphatic heterocycles. The van der Waals surface area contributed by atoms with Crippen molar-refractivity contribution in [3.8, 4) is 28.8 Å². The van der Waals surface area contributed by atoms with Crippen LogP contribution in [0.4, 0.5) is 4.39 Å². The van der Waals surface area contributed by atoms with Gasteiger partial charge < -0.3 is 18.3 Å². The van der Waals surface area contributed by atoms with E-state index < -0.39 is 5.82 Å². The molecule has 13 rings (SSSR count). The van der Waals surface area contributed by atoms with Gasteiger partial charge in [-0.1, -0.05) is 146 Å². The molecule has 0 saturated heterocycles. The number of benzene rings is 9. The van der Waals surface area contributed by atoms with Gasteiger partial charge in [-0.3, -0.25) is 0 Å². The molecule has 61 heavy (non-hydrogen) atoms. The first-order valence-corrected chi connectivity index (χ1v) is 20.5. The first-order valence-electron chi connectivity index (χ1n) is 20.5. The van der Waals surface area contributed by atoms with Gasteiger partial charge in [0.25, 0.3) is 0 Å². The number of aromatic nitrogens is 4. The SMILES string of the molecule is N#Cc1c(-n2c3ccccc3c3ccccc32)c(F)c(-n2c3ccccc3c3ccccc32)c(-n2c3ccccc3c3ccccc32)c1-n1c2ccccc2c2ccccc21. The number of nitrogens with zero attached hydrogens (tertiary/aromatic N) is 5. The average molecular weight is 782 g/mol. The first kappa shape index (κ1) is 33.6. The Morgan fingerprint density at radius 2 is 0.492 bits per heavy atom. The fourth-order valence-corrected chi connectivity index (χ4v) is 10.3. The van der Waals surface area contributed by atoms with Crippen LogP contribution < -0.4 is 0 Å². The molecule has 13 aromatic rings. The number of fused-ring (bicyclic) bond motifs is 12. The van der Waals surface area contributed by atoms with E-state index in [0.29, 0.717) is 17.1 Å². The highest BCUT2D eigenvalue weighted by Gasteiger charge is 2.34. The molecule has 0 bridgehead atoms. The summed E-state index contributed by atoms with van der Waals surface area (Å²) in [7, 11) is 0. The highest BCUT2D eigenvalue weighted by atomic mass is 19.1. The molecule has 6 heteroatoms. The largest absolute Gasteiger partial charge is 0.306 e. The third-order valence-electron chi connectivity index (χ3n) is 12.7. The number of nitriles is 1. The summed E-state index contributed by atoms with van der Waals surface area (Å²) in [4.78, 5) is 0. The average Bonchev–Trinajstić information content (AvgIpc) is 4.04. The standard InChI is InChI=1S/C55H32FN5/c56-51-52(58-43-25-9-1-17-34(43)35-18-2-10-26-44(35)58)42(33-57)53(59-45-27-11-3-19-36(45)37-20-4-12-28-46(37)59)55(61-49-31-15-7-23-40(49)41-24-8-16-32-50(41)61)54(51)60-47-29-13-5-21-38(47)39-22-6-14-30-48(39)60/h1-32H. The van der Waals surface area contributed by atoms with Gasteiger partial charge in [-0.05, 0) is 48.5 Å². The van der Waals surface area contributed by atoms with Crippen LogP contribution in [-0.4, -0.2) is 18.3 Å². The van der Waals surface area contributed by atoms with E-state index in [9.17, 15) is 5.26 Å². The van der Waals surface area contributed by atoms with Crippen LogP contribution in [0.15, 0.2) is 194 Å². The van der Waals surface area contributed by atoms with Crippen LogP contribution in [0.5, 0.6) is 0 Å². The lowest BCUT2D eigenvalue weighted by molar-refractivity contribution is 0.612. The topological polar surface area (TPSA) is 43.5 Å². The van der Waals surface area contributed by atoms with Crippen LogP contribution in [0, 0.1) is 17.1 Å². The van der Waals surface area contributed by atoms with E-state index in [1.165, 1.54) is 0 Å². The summed E-state index contributed by atoms with van der Waals surface area (Å²) in [6.45, 7) is 0. The monoisotopic (exact) mass is 781 g/mol. The molecule has 5 nitrogen and oxygen atoms in total. The van der Waals surface area contributed by atoms with Crippen molar-refractivity contribution in [2.45, 2.75) is 0 Å². The minimum Gasteiger partial charge on any atom is -0.306 e. The van der Waals surface area contributed by atoms with Crippen LogP contribution in [0.1, 0.15) is 5.56 Å². The van der Waals surface area contributed by atoms with Crippen molar-refractivity contribution in [3.63, 3.8) is 0 Å². The maximum absolute atomic E-state index is 19.6. The molecule has 0 saturated carbocycles. The number of hydrogen-bond acceptors (Lipinski definition) is 1. The minimum absolute atomic E-state index is 0.193. The predicted octanol–water partition coefficient (Wildman–Crippen LogP) is 14.1. The summed E-state index contributed by atoms with van der Waals surface area (Å²) in [6, 6.07) is 68.6. The van der Waals surface area contributed by atoms with Crippen LogP contribution in [0.25, 0.3) is 110 Å². The summed E-state index contributed by atoms with van der Waals surface area (Å²) in [5.74, 6) is -0.504. The molecule has 0 aliphatic carbocycles. The third-order valence-corrected chi connectivity index (χ3v) is 12.7. The molecule has 0 fully saturated rings. The summed E-state index contributed by atoms with van der Waals surface area (Å²) in [5, 5.41) is 20.1. The summed E-state index contributed by atoms with van der Waals surface area (Å²) < 4.78 is 28.1. The third kappa shape index (κ3) is 4.41. The second-order valence-electron chi connectivity index (χ2n) is 15.7. The van der Waals surface area contributed by atoms with Crippen molar-refractivity contribution in [1.29, 1.82) is 5.26 Å². The minimum atomic E-state index is -0.504. The Hall–Kier alpha value is -8.40. The molecule has 0 atom stereocenters. The van der Waals surface area contributed by atoms with Crippen molar-refractivity contribution < 1.29 is 4.39 Å². The Balaban J connectivity index is 1.38. The zero-order valence-electron chi connectivity index (χ0n) is 32.6. The smallest absolute Gasteiger partial charge is 0.174 e. The second kappa shape index (κ2) is 12.6. The van der Waals surface area contributed by atoms with Gasteiger partial charge in [0, 0.05) is 43.1 Å². The Kier molecular flexibility index (Phi) is 6.90. The van der Waals surface area contributed by atoms with Gasteiger partial charge in [0.15, 0.2) is 5.82 Å². The molecular formula is C55H32FN5. The fraction of sp³-hybridized carbons (Fsp3) is 0. The quantitative estimate of drug-likeness (QED) is 0.175. The van der Waals surface area contributed by atoms with Crippen LogP contribution in [0.3, 0.4) is 0 Å². The Morgan fingerprint density at radius 3 is 0.754 bits per heavy atom. The normalized spacial score (nSPS) is 12.0. The lowest BCUT2D eigenvalue weighted by Crippen LogP contribution is -2.17. The van der Waals surface area contributed by atoms with Gasteiger partial charge in [0.05, 0.1) is 55.5 Å². The van der Waals surface area contributed by atoms with E-state index in [1.807, 2.05) is 102 Å². The van der Waals surface area contributed by atoms with Crippen LogP contribution in [-0.2, 0) is 0 Å². The van der Waals surface area contributed by atoms with Crippen molar-refractivity contribution >= 4 is 87.2 Å². The Morgan fingerprint density at radius 1 is 0.279 bits per heavy atom. The maximum Gasteiger partial charge on any atom is 0.174 e. The molecule has 284 valence electrons. The molecule has 0 aliphatic rings. The lowest BCUT2D eigenvalue weighted by atomic mass is 10.0. The zero-order chi connectivity index (χ0) is 40.3. The molecule has 4 heterocycles. The van der Waals surface area contributed by atoms with E-state index in [0.717, 1.165) is 87.2 Å². The van der Waals surface area contributed by atoms with Gasteiger partial charge in [0.2, 0.25) is 0 Å². The Labute approximate surface area is 348 Å². The number of rotatable bonds is 4. The Bertz CT molecular complexity index is 3820. The van der Waals surface area contributed by atoms with Gasteiger partial charge in [0.1, 0.15) is 23.0 Å². The van der Waals surface area contributed by atoms with Crippen molar-refractivity contribution in [2.24, 2.45) is 0 Å². The predicted molar refractivity (Wildman–Crippen MR) is 248 cm³/mol. The van der Waals surface area contributed by atoms with Crippen LogP contribution in [0.2, 0.25) is 0 Å². The first-order chi connectivity index (χ1) is 30.2. The highest BCUT2D eigenvalue weighted by Crippen LogP contribution is 2.48. The van der Waals surface area contributed by atoms with Gasteiger partial charge in [-0.15, -0.1) is 0 Å². The summed E-state index contributed by atoms with van der Waals surface area (Å²) in [5.41, 5.74) is 8.87. The van der Waals surface area contributed by atoms with Gasteiger partial charge >= 0.3 is 0 Å². The lowest BCUT2D eigenvalue weighted by Gasteiger charge is -2.26. The molecule has 0 radical (unpaired) electrons. The highest BCUT2D eigenvalue weighted by molar-refractivity contribution is 6.15.